The van der Waals surface area contributed by atoms with Gasteiger partial charge in [-0.25, -0.2) is 0 Å². The number of hydrogen-bond acceptors (Lipinski definition) is 2. The van der Waals surface area contributed by atoms with Gasteiger partial charge >= 0.3 is 0 Å². The molecule has 110 valence electrons. The number of ether oxygens (including phenoxy) is 1. The van der Waals surface area contributed by atoms with Crippen LogP contribution < -0.4 is 10.1 Å². The minimum atomic E-state index is 0.700. The van der Waals surface area contributed by atoms with Crippen LogP contribution in [0, 0.1) is 0 Å². The van der Waals surface area contributed by atoms with Gasteiger partial charge in [0.15, 0.2) is 0 Å². The zero-order chi connectivity index (χ0) is 14.9. The fourth-order valence-corrected chi connectivity index (χ4v) is 2.18. The van der Waals surface area contributed by atoms with Gasteiger partial charge < -0.3 is 10.1 Å². The standard InChI is InChI=1S/C19H23NO/c1-3-8-18(20-17-9-6-5-7-10-17)15-16-11-13-19(14-12-16)21-4-2/h5-7,9-15,20H,3-4,8H2,1-2H3/b18-15+. The van der Waals surface area contributed by atoms with E-state index in [1.165, 1.54) is 11.3 Å². The van der Waals surface area contributed by atoms with Crippen molar-refractivity contribution in [1.29, 1.82) is 0 Å². The smallest absolute Gasteiger partial charge is 0.119 e. The summed E-state index contributed by atoms with van der Waals surface area (Å²) < 4.78 is 5.47. The molecule has 0 amide bonds. The Bertz CT molecular complexity index is 558. The molecule has 0 unspecified atom stereocenters. The molecule has 2 rings (SSSR count). The maximum atomic E-state index is 5.47. The molecule has 0 aliphatic carbocycles. The first-order valence-corrected chi connectivity index (χ1v) is 7.57. The Morgan fingerprint density at radius 2 is 1.71 bits per heavy atom. The van der Waals surface area contributed by atoms with E-state index in [0.29, 0.717) is 6.61 Å². The van der Waals surface area contributed by atoms with Crippen molar-refractivity contribution in [2.75, 3.05) is 11.9 Å². The summed E-state index contributed by atoms with van der Waals surface area (Å²) in [5, 5.41) is 3.50. The van der Waals surface area contributed by atoms with Gasteiger partial charge in [0.1, 0.15) is 5.75 Å². The molecule has 0 radical (unpaired) electrons. The molecule has 0 fully saturated rings. The first-order valence-electron chi connectivity index (χ1n) is 7.57. The Hall–Kier alpha value is -2.22. The van der Waals surface area contributed by atoms with Gasteiger partial charge in [-0.15, -0.1) is 0 Å². The Labute approximate surface area is 127 Å². The van der Waals surface area contributed by atoms with E-state index >= 15 is 0 Å². The third-order valence-electron chi connectivity index (χ3n) is 3.13. The molecule has 0 saturated carbocycles. The summed E-state index contributed by atoms with van der Waals surface area (Å²) in [6.45, 7) is 4.89. The second kappa shape index (κ2) is 8.15. The van der Waals surface area contributed by atoms with E-state index in [9.17, 15) is 0 Å². The second-order valence-electron chi connectivity index (χ2n) is 4.91. The van der Waals surface area contributed by atoms with Crippen molar-refractivity contribution in [2.24, 2.45) is 0 Å². The molecule has 2 aromatic rings. The van der Waals surface area contributed by atoms with Crippen LogP contribution in [-0.2, 0) is 0 Å². The van der Waals surface area contributed by atoms with E-state index in [-0.39, 0.29) is 0 Å². The number of para-hydroxylation sites is 1. The molecule has 21 heavy (non-hydrogen) atoms. The summed E-state index contributed by atoms with van der Waals surface area (Å²) in [6, 6.07) is 18.5. The summed E-state index contributed by atoms with van der Waals surface area (Å²) in [5.41, 5.74) is 3.54. The summed E-state index contributed by atoms with van der Waals surface area (Å²) in [5.74, 6) is 0.919. The highest BCUT2D eigenvalue weighted by Gasteiger charge is 1.99. The van der Waals surface area contributed by atoms with Gasteiger partial charge in [0.25, 0.3) is 0 Å². The zero-order valence-corrected chi connectivity index (χ0v) is 12.8. The van der Waals surface area contributed by atoms with Crippen LogP contribution in [0.15, 0.2) is 60.3 Å². The van der Waals surface area contributed by atoms with Crippen molar-refractivity contribution in [2.45, 2.75) is 26.7 Å². The zero-order valence-electron chi connectivity index (χ0n) is 12.8. The van der Waals surface area contributed by atoms with Gasteiger partial charge in [-0.2, -0.15) is 0 Å². The molecule has 2 nitrogen and oxygen atoms in total. The third-order valence-corrected chi connectivity index (χ3v) is 3.13. The number of allylic oxidation sites excluding steroid dienone is 1. The van der Waals surface area contributed by atoms with Crippen LogP contribution in [0.2, 0.25) is 0 Å². The highest BCUT2D eigenvalue weighted by atomic mass is 16.5. The predicted molar refractivity (Wildman–Crippen MR) is 90.6 cm³/mol. The van der Waals surface area contributed by atoms with E-state index in [2.05, 4.69) is 42.6 Å². The van der Waals surface area contributed by atoms with Crippen molar-refractivity contribution in [3.63, 3.8) is 0 Å². The number of nitrogens with one attached hydrogen (secondary N) is 1. The van der Waals surface area contributed by atoms with E-state index in [1.807, 2.05) is 37.3 Å². The highest BCUT2D eigenvalue weighted by Crippen LogP contribution is 2.18. The van der Waals surface area contributed by atoms with Crippen molar-refractivity contribution in [3.05, 3.63) is 65.9 Å². The van der Waals surface area contributed by atoms with Crippen LogP contribution >= 0.6 is 0 Å². The van der Waals surface area contributed by atoms with Crippen LogP contribution in [0.3, 0.4) is 0 Å². The summed E-state index contributed by atoms with van der Waals surface area (Å²) in [4.78, 5) is 0. The molecule has 2 aromatic carbocycles. The lowest BCUT2D eigenvalue weighted by Crippen LogP contribution is -1.99. The van der Waals surface area contributed by atoms with E-state index < -0.39 is 0 Å². The number of hydrogen-bond donors (Lipinski definition) is 1. The lowest BCUT2D eigenvalue weighted by atomic mass is 10.1. The Morgan fingerprint density at radius 1 is 1.00 bits per heavy atom. The average molecular weight is 281 g/mol. The number of rotatable bonds is 7. The summed E-state index contributed by atoms with van der Waals surface area (Å²) >= 11 is 0. The minimum absolute atomic E-state index is 0.700. The number of anilines is 1. The van der Waals surface area contributed by atoms with Crippen LogP contribution in [0.25, 0.3) is 6.08 Å². The molecule has 0 aromatic heterocycles. The molecule has 0 spiro atoms. The Morgan fingerprint density at radius 3 is 2.33 bits per heavy atom. The van der Waals surface area contributed by atoms with E-state index in [0.717, 1.165) is 24.3 Å². The largest absolute Gasteiger partial charge is 0.494 e. The van der Waals surface area contributed by atoms with Crippen molar-refractivity contribution in [3.8, 4) is 5.75 Å². The Balaban J connectivity index is 2.12. The van der Waals surface area contributed by atoms with Gasteiger partial charge in [0.2, 0.25) is 0 Å². The molecule has 0 heterocycles. The van der Waals surface area contributed by atoms with E-state index in [4.69, 9.17) is 4.74 Å². The molecule has 0 saturated heterocycles. The lowest BCUT2D eigenvalue weighted by Gasteiger charge is -2.11. The van der Waals surface area contributed by atoms with Gasteiger partial charge in [-0.1, -0.05) is 43.7 Å². The molecule has 0 atom stereocenters. The summed E-state index contributed by atoms with van der Waals surface area (Å²) in [7, 11) is 0. The molecule has 0 aliphatic rings. The minimum Gasteiger partial charge on any atom is -0.494 e. The maximum absolute atomic E-state index is 5.47. The maximum Gasteiger partial charge on any atom is 0.119 e. The molecular weight excluding hydrogens is 258 g/mol. The van der Waals surface area contributed by atoms with Crippen molar-refractivity contribution in [1.82, 2.24) is 0 Å². The molecule has 1 N–H and O–H groups in total. The molecule has 2 heteroatoms. The van der Waals surface area contributed by atoms with Crippen molar-refractivity contribution >= 4 is 11.8 Å². The monoisotopic (exact) mass is 281 g/mol. The van der Waals surface area contributed by atoms with Gasteiger partial charge in [0, 0.05) is 11.4 Å². The first-order chi connectivity index (χ1) is 10.3. The van der Waals surface area contributed by atoms with Crippen LogP contribution in [0.5, 0.6) is 5.75 Å². The average Bonchev–Trinajstić information content (AvgIpc) is 2.51. The van der Waals surface area contributed by atoms with Gasteiger partial charge in [-0.05, 0) is 49.2 Å². The van der Waals surface area contributed by atoms with Crippen LogP contribution in [-0.4, -0.2) is 6.61 Å². The normalized spacial score (nSPS) is 11.2. The molecular formula is C19H23NO. The van der Waals surface area contributed by atoms with Gasteiger partial charge in [-0.3, -0.25) is 0 Å². The lowest BCUT2D eigenvalue weighted by molar-refractivity contribution is 0.340. The summed E-state index contributed by atoms with van der Waals surface area (Å²) in [6.07, 6.45) is 4.34. The Kier molecular flexibility index (Phi) is 5.89. The van der Waals surface area contributed by atoms with Crippen LogP contribution in [0.1, 0.15) is 32.3 Å². The number of benzene rings is 2. The fraction of sp³-hybridized carbons (Fsp3) is 0.263. The first kappa shape index (κ1) is 15.2. The third kappa shape index (κ3) is 4.99. The SMILES string of the molecule is CCC/C(=C\c1ccc(OCC)cc1)Nc1ccccc1. The van der Waals surface area contributed by atoms with E-state index in [1.54, 1.807) is 0 Å². The molecule has 0 bridgehead atoms. The topological polar surface area (TPSA) is 21.3 Å². The quantitative estimate of drug-likeness (QED) is 0.739. The highest BCUT2D eigenvalue weighted by molar-refractivity contribution is 5.60. The fourth-order valence-electron chi connectivity index (χ4n) is 2.18. The van der Waals surface area contributed by atoms with Crippen LogP contribution in [0.4, 0.5) is 5.69 Å². The van der Waals surface area contributed by atoms with Gasteiger partial charge in [0.05, 0.1) is 6.61 Å². The van der Waals surface area contributed by atoms with Crippen molar-refractivity contribution < 1.29 is 4.74 Å². The second-order valence-corrected chi connectivity index (χ2v) is 4.91. The predicted octanol–water partition coefficient (Wildman–Crippen LogP) is 5.34. The molecule has 0 aliphatic heterocycles.